The summed E-state index contributed by atoms with van der Waals surface area (Å²) in [5.74, 6) is 0. The molecule has 0 spiro atoms. The zero-order chi connectivity index (χ0) is 10.6. The lowest BCUT2D eigenvalue weighted by molar-refractivity contribution is 0.101. The monoisotopic (exact) mass is 198 g/mol. The van der Waals surface area contributed by atoms with Crippen LogP contribution in [0.25, 0.3) is 0 Å². The van der Waals surface area contributed by atoms with Crippen LogP contribution < -0.4 is 5.73 Å². The molecule has 3 unspecified atom stereocenters. The number of piperidine rings is 1. The van der Waals surface area contributed by atoms with Crippen LogP contribution in [0, 0.1) is 0 Å². The fourth-order valence-electron chi connectivity index (χ4n) is 2.51. The lowest BCUT2D eigenvalue weighted by atomic mass is 9.97. The first kappa shape index (κ1) is 12.0. The number of likely N-dealkylation sites (tertiary alicyclic amines) is 1. The van der Waals surface area contributed by atoms with Crippen molar-refractivity contribution in [2.24, 2.45) is 5.73 Å². The Hall–Kier alpha value is -0.0800. The van der Waals surface area contributed by atoms with Gasteiger partial charge in [-0.25, -0.2) is 0 Å². The Bertz CT molecular complexity index is 146. The van der Waals surface area contributed by atoms with Crippen LogP contribution in [0.15, 0.2) is 0 Å². The van der Waals surface area contributed by atoms with E-state index in [2.05, 4.69) is 25.7 Å². The Labute approximate surface area is 88.8 Å². The van der Waals surface area contributed by atoms with Gasteiger partial charge in [0.25, 0.3) is 0 Å². The standard InChI is InChI=1S/C12H26N2/c1-10(13)6-5-9-14-11(2)7-4-8-12(14)3/h10-12H,4-9,13H2,1-3H3. The molecule has 3 atom stereocenters. The molecule has 14 heavy (non-hydrogen) atoms. The molecule has 2 N–H and O–H groups in total. The molecule has 0 radical (unpaired) electrons. The van der Waals surface area contributed by atoms with Crippen LogP contribution in [0.2, 0.25) is 0 Å². The third-order valence-corrected chi connectivity index (χ3v) is 3.45. The van der Waals surface area contributed by atoms with Crippen molar-refractivity contribution in [3.63, 3.8) is 0 Å². The molecule has 0 amide bonds. The van der Waals surface area contributed by atoms with E-state index in [0.717, 1.165) is 18.5 Å². The van der Waals surface area contributed by atoms with E-state index in [1.807, 2.05) is 0 Å². The summed E-state index contributed by atoms with van der Waals surface area (Å²) in [5.41, 5.74) is 5.76. The fourth-order valence-corrected chi connectivity index (χ4v) is 2.51. The maximum absolute atomic E-state index is 5.76. The van der Waals surface area contributed by atoms with E-state index in [1.54, 1.807) is 0 Å². The zero-order valence-electron chi connectivity index (χ0n) is 10.00. The summed E-state index contributed by atoms with van der Waals surface area (Å²) in [5, 5.41) is 0. The predicted octanol–water partition coefficient (Wildman–Crippen LogP) is 2.38. The number of nitrogens with two attached hydrogens (primary N) is 1. The molecule has 1 aliphatic rings. The van der Waals surface area contributed by atoms with Crippen molar-refractivity contribution in [3.05, 3.63) is 0 Å². The van der Waals surface area contributed by atoms with Gasteiger partial charge in [0.2, 0.25) is 0 Å². The molecular weight excluding hydrogens is 172 g/mol. The first-order valence-electron chi connectivity index (χ1n) is 6.12. The van der Waals surface area contributed by atoms with Crippen LogP contribution in [-0.4, -0.2) is 29.6 Å². The minimum Gasteiger partial charge on any atom is -0.328 e. The molecule has 1 heterocycles. The van der Waals surface area contributed by atoms with Crippen molar-refractivity contribution in [1.82, 2.24) is 4.90 Å². The van der Waals surface area contributed by atoms with Crippen molar-refractivity contribution in [2.75, 3.05) is 6.54 Å². The number of hydrogen-bond donors (Lipinski definition) is 1. The van der Waals surface area contributed by atoms with Gasteiger partial charge in [0, 0.05) is 18.1 Å². The van der Waals surface area contributed by atoms with Crippen molar-refractivity contribution in [3.8, 4) is 0 Å². The van der Waals surface area contributed by atoms with Gasteiger partial charge >= 0.3 is 0 Å². The van der Waals surface area contributed by atoms with Gasteiger partial charge < -0.3 is 5.73 Å². The summed E-state index contributed by atoms with van der Waals surface area (Å²) in [4.78, 5) is 2.66. The van der Waals surface area contributed by atoms with E-state index in [0.29, 0.717) is 6.04 Å². The van der Waals surface area contributed by atoms with Crippen LogP contribution in [-0.2, 0) is 0 Å². The molecule has 0 aromatic rings. The highest BCUT2D eigenvalue weighted by Gasteiger charge is 2.23. The van der Waals surface area contributed by atoms with Crippen LogP contribution in [0.4, 0.5) is 0 Å². The summed E-state index contributed by atoms with van der Waals surface area (Å²) >= 11 is 0. The summed E-state index contributed by atoms with van der Waals surface area (Å²) in [6.45, 7) is 8.07. The molecule has 0 bridgehead atoms. The minimum atomic E-state index is 0.366. The van der Waals surface area contributed by atoms with Crippen LogP contribution >= 0.6 is 0 Å². The van der Waals surface area contributed by atoms with Gasteiger partial charge in [-0.2, -0.15) is 0 Å². The van der Waals surface area contributed by atoms with Crippen molar-refractivity contribution < 1.29 is 0 Å². The minimum absolute atomic E-state index is 0.366. The molecule has 2 heteroatoms. The average Bonchev–Trinajstić information content (AvgIpc) is 2.09. The zero-order valence-corrected chi connectivity index (χ0v) is 10.00. The van der Waals surface area contributed by atoms with E-state index >= 15 is 0 Å². The van der Waals surface area contributed by atoms with E-state index in [4.69, 9.17) is 5.73 Å². The highest BCUT2D eigenvalue weighted by Crippen LogP contribution is 2.22. The largest absolute Gasteiger partial charge is 0.328 e. The molecule has 0 aliphatic carbocycles. The maximum atomic E-state index is 5.76. The van der Waals surface area contributed by atoms with Gasteiger partial charge in [-0.15, -0.1) is 0 Å². The van der Waals surface area contributed by atoms with Gasteiger partial charge in [0.1, 0.15) is 0 Å². The third kappa shape index (κ3) is 3.58. The highest BCUT2D eigenvalue weighted by molar-refractivity contribution is 4.79. The topological polar surface area (TPSA) is 29.3 Å². The van der Waals surface area contributed by atoms with Gasteiger partial charge in [-0.3, -0.25) is 4.90 Å². The Morgan fingerprint density at radius 3 is 2.36 bits per heavy atom. The van der Waals surface area contributed by atoms with Gasteiger partial charge in [-0.05, 0) is 53.0 Å². The Balaban J connectivity index is 2.26. The van der Waals surface area contributed by atoms with Crippen molar-refractivity contribution in [2.45, 2.75) is 71.0 Å². The summed E-state index contributed by atoms with van der Waals surface area (Å²) in [6, 6.07) is 1.93. The Morgan fingerprint density at radius 1 is 1.29 bits per heavy atom. The first-order chi connectivity index (χ1) is 6.61. The molecule has 0 aromatic heterocycles. The molecule has 2 nitrogen and oxygen atoms in total. The number of nitrogens with zero attached hydrogens (tertiary/aromatic N) is 1. The molecule has 1 fully saturated rings. The van der Waals surface area contributed by atoms with Crippen molar-refractivity contribution >= 4 is 0 Å². The van der Waals surface area contributed by atoms with E-state index in [1.165, 1.54) is 32.2 Å². The molecule has 1 rings (SSSR count). The Morgan fingerprint density at radius 2 is 1.86 bits per heavy atom. The lowest BCUT2D eigenvalue weighted by Gasteiger charge is -2.39. The summed E-state index contributed by atoms with van der Waals surface area (Å²) in [6.07, 6.45) is 6.58. The lowest BCUT2D eigenvalue weighted by Crippen LogP contribution is -2.44. The maximum Gasteiger partial charge on any atom is 0.00697 e. The quantitative estimate of drug-likeness (QED) is 0.751. The van der Waals surface area contributed by atoms with Gasteiger partial charge in [-0.1, -0.05) is 6.42 Å². The van der Waals surface area contributed by atoms with E-state index in [9.17, 15) is 0 Å². The van der Waals surface area contributed by atoms with E-state index < -0.39 is 0 Å². The highest BCUT2D eigenvalue weighted by atomic mass is 15.2. The van der Waals surface area contributed by atoms with E-state index in [-0.39, 0.29) is 0 Å². The van der Waals surface area contributed by atoms with Crippen LogP contribution in [0.1, 0.15) is 52.9 Å². The van der Waals surface area contributed by atoms with Crippen molar-refractivity contribution in [1.29, 1.82) is 0 Å². The molecular formula is C12H26N2. The summed E-state index contributed by atoms with van der Waals surface area (Å²) < 4.78 is 0. The SMILES string of the molecule is CC(N)CCCN1C(C)CCCC1C. The second kappa shape index (κ2) is 5.72. The summed E-state index contributed by atoms with van der Waals surface area (Å²) in [7, 11) is 0. The van der Waals surface area contributed by atoms with Crippen LogP contribution in [0.5, 0.6) is 0 Å². The smallest absolute Gasteiger partial charge is 0.00697 e. The second-order valence-electron chi connectivity index (χ2n) is 4.99. The molecule has 1 aliphatic heterocycles. The predicted molar refractivity (Wildman–Crippen MR) is 62.4 cm³/mol. The molecule has 84 valence electrons. The van der Waals surface area contributed by atoms with Gasteiger partial charge in [0.15, 0.2) is 0 Å². The molecule has 0 saturated carbocycles. The Kier molecular flexibility index (Phi) is 4.90. The molecule has 0 aromatic carbocycles. The number of rotatable bonds is 4. The molecule has 1 saturated heterocycles. The third-order valence-electron chi connectivity index (χ3n) is 3.45. The number of hydrogen-bond acceptors (Lipinski definition) is 2. The van der Waals surface area contributed by atoms with Gasteiger partial charge in [0.05, 0.1) is 0 Å². The van der Waals surface area contributed by atoms with Crippen LogP contribution in [0.3, 0.4) is 0 Å². The normalized spacial score (nSPS) is 31.7. The second-order valence-corrected chi connectivity index (χ2v) is 4.99. The average molecular weight is 198 g/mol. The fraction of sp³-hybridized carbons (Fsp3) is 1.00. The first-order valence-corrected chi connectivity index (χ1v) is 6.12.